The van der Waals surface area contributed by atoms with E-state index in [-0.39, 0.29) is 25.0 Å². The molecule has 0 unspecified atom stereocenters. The Kier molecular flexibility index (Phi) is 12.4. The van der Waals surface area contributed by atoms with E-state index in [9.17, 15) is 19.8 Å². The number of nitrogens with one attached hydrogen (secondary N) is 4. The lowest BCUT2D eigenvalue weighted by Crippen LogP contribution is -2.46. The van der Waals surface area contributed by atoms with Crippen LogP contribution in [-0.2, 0) is 11.5 Å². The maximum atomic E-state index is 12.7. The third-order valence-corrected chi connectivity index (χ3v) is 9.35. The van der Waals surface area contributed by atoms with E-state index in [1.165, 1.54) is 0 Å². The molecule has 50 heavy (non-hydrogen) atoms. The van der Waals surface area contributed by atoms with Crippen LogP contribution in [0.3, 0.4) is 0 Å². The fourth-order valence-electron chi connectivity index (χ4n) is 4.37. The van der Waals surface area contributed by atoms with Crippen LogP contribution in [0.25, 0.3) is 22.3 Å². The second-order valence-corrected chi connectivity index (χ2v) is 20.7. The topological polar surface area (TPSA) is 205 Å². The van der Waals surface area contributed by atoms with Gasteiger partial charge in [0, 0.05) is 33.3 Å². The van der Waals surface area contributed by atoms with E-state index in [4.69, 9.17) is 4.74 Å². The SMILES string of the molecule is CC(C)(CO)NC(=O)c1c[nH]c2ncc(Nc3cccnc3)nc12.CC(C)(CO)NC(=O)c1cn(COCC[Si](C)(C)C)c2ncc(Br)nc12. The molecule has 5 heterocycles. The van der Waals surface area contributed by atoms with E-state index in [0.29, 0.717) is 57.2 Å². The number of rotatable bonds is 13. The molecule has 0 radical (unpaired) electrons. The number of aromatic amines is 1. The number of anilines is 2. The normalized spacial score (nSPS) is 12.0. The maximum absolute atomic E-state index is 12.7. The Morgan fingerprint density at radius 3 is 2.26 bits per heavy atom. The number of aliphatic hydroxyl groups is 2. The van der Waals surface area contributed by atoms with Gasteiger partial charge in [0.05, 0.1) is 59.7 Å². The summed E-state index contributed by atoms with van der Waals surface area (Å²) < 4.78 is 8.14. The summed E-state index contributed by atoms with van der Waals surface area (Å²) in [6, 6.07) is 4.73. The van der Waals surface area contributed by atoms with Crippen LogP contribution in [-0.4, -0.2) is 95.5 Å². The largest absolute Gasteiger partial charge is 0.394 e. The van der Waals surface area contributed by atoms with Gasteiger partial charge in [-0.3, -0.25) is 14.6 Å². The monoisotopic (exact) mass is 768 g/mol. The van der Waals surface area contributed by atoms with Gasteiger partial charge < -0.3 is 40.5 Å². The van der Waals surface area contributed by atoms with Crippen LogP contribution in [0.2, 0.25) is 25.7 Å². The molecule has 15 nitrogen and oxygen atoms in total. The van der Waals surface area contributed by atoms with Crippen molar-refractivity contribution >= 4 is 69.7 Å². The molecule has 0 aliphatic heterocycles. The van der Waals surface area contributed by atoms with Gasteiger partial charge in [-0.25, -0.2) is 19.9 Å². The molecule has 268 valence electrons. The van der Waals surface area contributed by atoms with Crippen molar-refractivity contribution in [1.82, 2.24) is 45.1 Å². The number of nitrogens with zero attached hydrogens (tertiary/aromatic N) is 6. The highest BCUT2D eigenvalue weighted by Crippen LogP contribution is 2.22. The lowest BCUT2D eigenvalue weighted by atomic mass is 10.1. The highest BCUT2D eigenvalue weighted by Gasteiger charge is 2.25. The maximum Gasteiger partial charge on any atom is 0.255 e. The zero-order chi connectivity index (χ0) is 36.7. The second-order valence-electron chi connectivity index (χ2n) is 14.2. The number of ether oxygens (including phenoxy) is 1. The van der Waals surface area contributed by atoms with Crippen LogP contribution in [0.1, 0.15) is 48.4 Å². The van der Waals surface area contributed by atoms with E-state index < -0.39 is 19.2 Å². The molecular formula is C33H45BrN10O5Si. The minimum Gasteiger partial charge on any atom is -0.394 e. The van der Waals surface area contributed by atoms with Crippen molar-refractivity contribution in [2.24, 2.45) is 0 Å². The molecule has 0 saturated carbocycles. The molecule has 0 saturated heterocycles. The van der Waals surface area contributed by atoms with E-state index in [0.717, 1.165) is 11.7 Å². The first-order valence-corrected chi connectivity index (χ1v) is 20.5. The quantitative estimate of drug-likeness (QED) is 0.0721. The first kappa shape index (κ1) is 38.5. The summed E-state index contributed by atoms with van der Waals surface area (Å²) in [6.07, 6.45) is 9.78. The number of hydrogen-bond acceptors (Lipinski definition) is 11. The average Bonchev–Trinajstić information content (AvgIpc) is 3.64. The minimum absolute atomic E-state index is 0.160. The molecule has 0 spiro atoms. The van der Waals surface area contributed by atoms with Crippen LogP contribution in [0.15, 0.2) is 53.9 Å². The Balaban J connectivity index is 0.000000225. The lowest BCUT2D eigenvalue weighted by molar-refractivity contribution is 0.0855. The number of H-pyrrole nitrogens is 1. The molecule has 5 rings (SSSR count). The Morgan fingerprint density at radius 2 is 1.64 bits per heavy atom. The van der Waals surface area contributed by atoms with Crippen LogP contribution < -0.4 is 16.0 Å². The van der Waals surface area contributed by atoms with Gasteiger partial charge in [0.1, 0.15) is 28.2 Å². The van der Waals surface area contributed by atoms with E-state index >= 15 is 0 Å². The summed E-state index contributed by atoms with van der Waals surface area (Å²) >= 11 is 3.30. The number of carbonyl (C=O) groups is 2. The number of amides is 2. The molecule has 2 amide bonds. The van der Waals surface area contributed by atoms with Crippen molar-refractivity contribution in [3.05, 3.63) is 65.0 Å². The number of hydrogen-bond donors (Lipinski definition) is 6. The molecule has 0 fully saturated rings. The summed E-state index contributed by atoms with van der Waals surface area (Å²) in [5, 5.41) is 27.4. The van der Waals surface area contributed by atoms with Crippen molar-refractivity contribution in [1.29, 1.82) is 0 Å². The zero-order valence-electron chi connectivity index (χ0n) is 29.3. The van der Waals surface area contributed by atoms with Gasteiger partial charge in [0.15, 0.2) is 11.3 Å². The Labute approximate surface area is 299 Å². The van der Waals surface area contributed by atoms with E-state index in [1.807, 2.05) is 6.07 Å². The van der Waals surface area contributed by atoms with Crippen LogP contribution in [0.4, 0.5) is 11.5 Å². The van der Waals surface area contributed by atoms with Crippen LogP contribution in [0, 0.1) is 0 Å². The molecule has 17 heteroatoms. The highest BCUT2D eigenvalue weighted by atomic mass is 79.9. The summed E-state index contributed by atoms with van der Waals surface area (Å²) in [6.45, 7) is 14.6. The number of aromatic nitrogens is 7. The van der Waals surface area contributed by atoms with Gasteiger partial charge in [-0.1, -0.05) is 19.6 Å². The van der Waals surface area contributed by atoms with Crippen molar-refractivity contribution in [3.8, 4) is 0 Å². The van der Waals surface area contributed by atoms with Crippen molar-refractivity contribution in [2.45, 2.75) is 71.2 Å². The molecule has 0 bridgehead atoms. The fraction of sp³-hybridized carbons (Fsp3) is 0.424. The Morgan fingerprint density at radius 1 is 0.960 bits per heavy atom. The summed E-state index contributed by atoms with van der Waals surface area (Å²) in [7, 11) is -1.16. The lowest BCUT2D eigenvalue weighted by Gasteiger charge is -2.23. The molecule has 0 aromatic carbocycles. The van der Waals surface area contributed by atoms with Gasteiger partial charge in [0.25, 0.3) is 11.8 Å². The molecule has 5 aromatic rings. The molecule has 0 atom stereocenters. The van der Waals surface area contributed by atoms with Crippen molar-refractivity contribution in [3.63, 3.8) is 0 Å². The first-order chi connectivity index (χ1) is 23.5. The average molecular weight is 770 g/mol. The number of fused-ring (bicyclic) bond motifs is 2. The Bertz CT molecular complexity index is 1920. The number of halogens is 1. The predicted molar refractivity (Wildman–Crippen MR) is 198 cm³/mol. The predicted octanol–water partition coefficient (Wildman–Crippen LogP) is 4.60. The number of carbonyl (C=O) groups excluding carboxylic acids is 2. The van der Waals surface area contributed by atoms with Gasteiger partial charge in [-0.2, -0.15) is 0 Å². The van der Waals surface area contributed by atoms with Crippen molar-refractivity contribution in [2.75, 3.05) is 25.1 Å². The summed E-state index contributed by atoms with van der Waals surface area (Å²) in [5.74, 6) is -0.124. The fourth-order valence-corrected chi connectivity index (χ4v) is 5.41. The molecule has 6 N–H and O–H groups in total. The number of pyridine rings is 1. The van der Waals surface area contributed by atoms with Crippen molar-refractivity contribution < 1.29 is 24.5 Å². The number of aliphatic hydroxyl groups excluding tert-OH is 2. The highest BCUT2D eigenvalue weighted by molar-refractivity contribution is 9.10. The third-order valence-electron chi connectivity index (χ3n) is 7.26. The third kappa shape index (κ3) is 10.6. The summed E-state index contributed by atoms with van der Waals surface area (Å²) in [4.78, 5) is 49.5. The smallest absolute Gasteiger partial charge is 0.255 e. The first-order valence-electron chi connectivity index (χ1n) is 16.0. The summed E-state index contributed by atoms with van der Waals surface area (Å²) in [5.41, 5.74) is 2.16. The van der Waals surface area contributed by atoms with Crippen LogP contribution >= 0.6 is 15.9 Å². The molecular weight excluding hydrogens is 724 g/mol. The van der Waals surface area contributed by atoms with Gasteiger partial charge in [0.2, 0.25) is 0 Å². The van der Waals surface area contributed by atoms with Gasteiger partial charge >= 0.3 is 0 Å². The van der Waals surface area contributed by atoms with Gasteiger partial charge in [-0.05, 0) is 61.8 Å². The molecule has 0 aliphatic carbocycles. The van der Waals surface area contributed by atoms with Crippen LogP contribution in [0.5, 0.6) is 0 Å². The zero-order valence-corrected chi connectivity index (χ0v) is 31.9. The second kappa shape index (κ2) is 16.2. The van der Waals surface area contributed by atoms with E-state index in [2.05, 4.69) is 81.4 Å². The standard InChI is InChI=1S/C17H27BrN4O3Si.C16H18N6O2/c1-17(2,10-23)21-16(24)12-9-22(11-25-6-7-26(3,4)5)15-14(12)20-13(18)8-19-15;1-16(2,9-23)22-15(24)11-7-18-14-13(11)21-12(8-19-14)20-10-4-3-5-17-6-10/h8-9,23H,6-7,10-11H2,1-5H3,(H,21,24);3-8,23H,9H2,1-2H3,(H,18,19)(H,20,21)(H,22,24). The minimum atomic E-state index is -1.16. The Hall–Kier alpha value is -4.29. The molecule has 5 aromatic heterocycles. The van der Waals surface area contributed by atoms with Gasteiger partial charge in [-0.15, -0.1) is 0 Å². The molecule has 0 aliphatic rings. The van der Waals surface area contributed by atoms with E-state index in [1.54, 1.807) is 75.5 Å².